The molecule has 0 atom stereocenters. The Morgan fingerprint density at radius 3 is 2.62 bits per heavy atom. The molecule has 78 valence electrons. The summed E-state index contributed by atoms with van der Waals surface area (Å²) >= 11 is 0. The second kappa shape index (κ2) is 5.58. The van der Waals surface area contributed by atoms with Crippen LogP contribution in [0.3, 0.4) is 0 Å². The maximum absolute atomic E-state index is 5.31. The molecule has 1 aliphatic heterocycles. The average molecular weight is 186 g/mol. The largest absolute Gasteiger partial charge is 0.384 e. The third kappa shape index (κ3) is 3.25. The summed E-state index contributed by atoms with van der Waals surface area (Å²) in [4.78, 5) is 0. The van der Waals surface area contributed by atoms with E-state index in [1.54, 1.807) is 7.11 Å². The summed E-state index contributed by atoms with van der Waals surface area (Å²) in [6, 6.07) is 0. The summed E-state index contributed by atoms with van der Waals surface area (Å²) in [6.07, 6.45) is 2.46. The Labute approximate surface area is 81.2 Å². The molecule has 13 heavy (non-hydrogen) atoms. The molecule has 0 aromatic carbocycles. The van der Waals surface area contributed by atoms with Crippen LogP contribution in [0.15, 0.2) is 0 Å². The summed E-state index contributed by atoms with van der Waals surface area (Å²) < 4.78 is 5.31. The predicted octanol–water partition coefficient (Wildman–Crippen LogP) is 0.612. The molecule has 1 saturated heterocycles. The molecule has 0 amide bonds. The third-order valence-electron chi connectivity index (χ3n) is 2.86. The highest BCUT2D eigenvalue weighted by Gasteiger charge is 2.31. The first-order chi connectivity index (χ1) is 6.33. The summed E-state index contributed by atoms with van der Waals surface area (Å²) in [5.41, 5.74) is 0.385. The van der Waals surface area contributed by atoms with Crippen LogP contribution in [-0.4, -0.2) is 39.9 Å². The van der Waals surface area contributed by atoms with Crippen molar-refractivity contribution in [3.8, 4) is 0 Å². The van der Waals surface area contributed by atoms with Gasteiger partial charge in [-0.15, -0.1) is 0 Å². The fourth-order valence-corrected chi connectivity index (χ4v) is 2.03. The zero-order valence-corrected chi connectivity index (χ0v) is 8.86. The minimum Gasteiger partial charge on any atom is -0.384 e. The molecule has 0 radical (unpaired) electrons. The molecule has 1 heterocycles. The fraction of sp³-hybridized carbons (Fsp3) is 1.00. The quantitative estimate of drug-likeness (QED) is 0.660. The molecule has 0 bridgehead atoms. The van der Waals surface area contributed by atoms with E-state index in [9.17, 15) is 0 Å². The molecule has 2 N–H and O–H groups in total. The number of rotatable bonds is 5. The Balaban J connectivity index is 2.40. The molecule has 1 rings (SSSR count). The van der Waals surface area contributed by atoms with Crippen LogP contribution in [0.2, 0.25) is 0 Å². The normalized spacial score (nSPS) is 21.7. The van der Waals surface area contributed by atoms with E-state index in [4.69, 9.17) is 4.74 Å². The van der Waals surface area contributed by atoms with Crippen molar-refractivity contribution in [1.82, 2.24) is 10.6 Å². The van der Waals surface area contributed by atoms with E-state index < -0.39 is 0 Å². The standard InChI is InChI=1S/C10H22N2O/c1-3-11-8-10(9-13-2)4-6-12-7-5-10/h11-12H,3-9H2,1-2H3. The van der Waals surface area contributed by atoms with Gasteiger partial charge in [0.15, 0.2) is 0 Å². The average Bonchev–Trinajstić information content (AvgIpc) is 2.17. The molecular formula is C10H22N2O. The Morgan fingerprint density at radius 2 is 2.08 bits per heavy atom. The van der Waals surface area contributed by atoms with Crippen molar-refractivity contribution in [3.05, 3.63) is 0 Å². The van der Waals surface area contributed by atoms with Crippen LogP contribution in [0.1, 0.15) is 19.8 Å². The van der Waals surface area contributed by atoms with Gasteiger partial charge in [0.2, 0.25) is 0 Å². The topological polar surface area (TPSA) is 33.3 Å². The number of methoxy groups -OCH3 is 1. The fourth-order valence-electron chi connectivity index (χ4n) is 2.03. The van der Waals surface area contributed by atoms with Gasteiger partial charge in [-0.25, -0.2) is 0 Å². The van der Waals surface area contributed by atoms with Crippen LogP contribution in [0, 0.1) is 5.41 Å². The minimum atomic E-state index is 0.385. The second-order valence-electron chi connectivity index (χ2n) is 3.96. The van der Waals surface area contributed by atoms with Gasteiger partial charge >= 0.3 is 0 Å². The van der Waals surface area contributed by atoms with Crippen LogP contribution in [0.4, 0.5) is 0 Å². The molecule has 0 aromatic rings. The van der Waals surface area contributed by atoms with Crippen molar-refractivity contribution >= 4 is 0 Å². The zero-order chi connectivity index (χ0) is 9.57. The van der Waals surface area contributed by atoms with E-state index in [1.807, 2.05) is 0 Å². The van der Waals surface area contributed by atoms with Crippen LogP contribution in [0.5, 0.6) is 0 Å². The van der Waals surface area contributed by atoms with E-state index in [0.717, 1.165) is 32.8 Å². The summed E-state index contributed by atoms with van der Waals surface area (Å²) in [5.74, 6) is 0. The van der Waals surface area contributed by atoms with Gasteiger partial charge in [0, 0.05) is 19.1 Å². The lowest BCUT2D eigenvalue weighted by atomic mass is 9.79. The summed E-state index contributed by atoms with van der Waals surface area (Å²) in [6.45, 7) is 7.46. The first-order valence-electron chi connectivity index (χ1n) is 5.23. The molecule has 1 fully saturated rings. The van der Waals surface area contributed by atoms with Crippen LogP contribution in [0.25, 0.3) is 0 Å². The van der Waals surface area contributed by atoms with E-state index in [-0.39, 0.29) is 0 Å². The highest BCUT2D eigenvalue weighted by Crippen LogP contribution is 2.27. The van der Waals surface area contributed by atoms with Crippen molar-refractivity contribution < 1.29 is 4.74 Å². The molecule has 0 aromatic heterocycles. The van der Waals surface area contributed by atoms with Gasteiger partial charge in [0.1, 0.15) is 0 Å². The number of hydrogen-bond acceptors (Lipinski definition) is 3. The van der Waals surface area contributed by atoms with Gasteiger partial charge in [0.05, 0.1) is 6.61 Å². The van der Waals surface area contributed by atoms with Crippen LogP contribution < -0.4 is 10.6 Å². The lowest BCUT2D eigenvalue weighted by molar-refractivity contribution is 0.0541. The smallest absolute Gasteiger partial charge is 0.0531 e. The Morgan fingerprint density at radius 1 is 1.38 bits per heavy atom. The van der Waals surface area contributed by atoms with Gasteiger partial charge in [-0.2, -0.15) is 0 Å². The Kier molecular flexibility index (Phi) is 4.70. The van der Waals surface area contributed by atoms with Gasteiger partial charge < -0.3 is 15.4 Å². The Bertz CT molecular complexity index is 127. The molecule has 0 aliphatic carbocycles. The van der Waals surface area contributed by atoms with Gasteiger partial charge in [-0.3, -0.25) is 0 Å². The first kappa shape index (κ1) is 11.0. The summed E-state index contributed by atoms with van der Waals surface area (Å²) in [5, 5.41) is 6.83. The van der Waals surface area contributed by atoms with Gasteiger partial charge in [-0.1, -0.05) is 6.92 Å². The van der Waals surface area contributed by atoms with Crippen molar-refractivity contribution in [2.24, 2.45) is 5.41 Å². The Hall–Kier alpha value is -0.120. The van der Waals surface area contributed by atoms with E-state index in [2.05, 4.69) is 17.6 Å². The number of nitrogens with one attached hydrogen (secondary N) is 2. The monoisotopic (exact) mass is 186 g/mol. The van der Waals surface area contributed by atoms with E-state index in [1.165, 1.54) is 12.8 Å². The van der Waals surface area contributed by atoms with Gasteiger partial charge in [-0.05, 0) is 32.5 Å². The van der Waals surface area contributed by atoms with Gasteiger partial charge in [0.25, 0.3) is 0 Å². The third-order valence-corrected chi connectivity index (χ3v) is 2.86. The second-order valence-corrected chi connectivity index (χ2v) is 3.96. The highest BCUT2D eigenvalue weighted by molar-refractivity contribution is 4.86. The maximum Gasteiger partial charge on any atom is 0.0531 e. The number of ether oxygens (including phenoxy) is 1. The van der Waals surface area contributed by atoms with E-state index >= 15 is 0 Å². The molecule has 0 saturated carbocycles. The molecule has 3 nitrogen and oxygen atoms in total. The molecule has 3 heteroatoms. The van der Waals surface area contributed by atoms with E-state index in [0.29, 0.717) is 5.41 Å². The van der Waals surface area contributed by atoms with Crippen molar-refractivity contribution in [2.75, 3.05) is 39.9 Å². The van der Waals surface area contributed by atoms with Crippen LogP contribution >= 0.6 is 0 Å². The highest BCUT2D eigenvalue weighted by atomic mass is 16.5. The molecule has 1 aliphatic rings. The molecular weight excluding hydrogens is 164 g/mol. The molecule has 0 spiro atoms. The van der Waals surface area contributed by atoms with Crippen molar-refractivity contribution in [1.29, 1.82) is 0 Å². The minimum absolute atomic E-state index is 0.385. The first-order valence-corrected chi connectivity index (χ1v) is 5.23. The number of hydrogen-bond donors (Lipinski definition) is 2. The lowest BCUT2D eigenvalue weighted by Gasteiger charge is -2.37. The predicted molar refractivity (Wildman–Crippen MR) is 55.0 cm³/mol. The zero-order valence-electron chi connectivity index (χ0n) is 8.86. The molecule has 0 unspecified atom stereocenters. The number of piperidine rings is 1. The SMILES string of the molecule is CCNCC1(COC)CCNCC1. The maximum atomic E-state index is 5.31. The van der Waals surface area contributed by atoms with Crippen molar-refractivity contribution in [3.63, 3.8) is 0 Å². The van der Waals surface area contributed by atoms with Crippen LogP contribution in [-0.2, 0) is 4.74 Å². The van der Waals surface area contributed by atoms with Crippen molar-refractivity contribution in [2.45, 2.75) is 19.8 Å². The lowest BCUT2D eigenvalue weighted by Crippen LogP contribution is -2.45. The summed E-state index contributed by atoms with van der Waals surface area (Å²) in [7, 11) is 1.80.